The van der Waals surface area contributed by atoms with Gasteiger partial charge in [-0.25, -0.2) is 0 Å². The molecule has 3 rings (SSSR count). The van der Waals surface area contributed by atoms with Crippen LogP contribution in [0.1, 0.15) is 31.9 Å². The van der Waals surface area contributed by atoms with Gasteiger partial charge in [0.2, 0.25) is 0 Å². The molecule has 2 aromatic rings. The third-order valence-corrected chi connectivity index (χ3v) is 4.11. The number of pyridine rings is 1. The van der Waals surface area contributed by atoms with Gasteiger partial charge in [0.15, 0.2) is 0 Å². The molecule has 3 unspecified atom stereocenters. The summed E-state index contributed by atoms with van der Waals surface area (Å²) in [7, 11) is 0. The Labute approximate surface area is 120 Å². The molecule has 1 N–H and O–H groups in total. The molecule has 1 aliphatic rings. The molecule has 20 heavy (non-hydrogen) atoms. The van der Waals surface area contributed by atoms with Gasteiger partial charge in [0, 0.05) is 23.5 Å². The van der Waals surface area contributed by atoms with Crippen molar-refractivity contribution in [1.29, 1.82) is 0 Å². The first-order valence-electron chi connectivity index (χ1n) is 7.47. The van der Waals surface area contributed by atoms with Gasteiger partial charge in [-0.1, -0.05) is 25.1 Å². The molecule has 0 bridgehead atoms. The van der Waals surface area contributed by atoms with Crippen LogP contribution in [0, 0.1) is 5.92 Å². The Hall–Kier alpha value is -1.45. The van der Waals surface area contributed by atoms with Crippen molar-refractivity contribution in [3.05, 3.63) is 42.1 Å². The van der Waals surface area contributed by atoms with E-state index in [1.807, 2.05) is 12.3 Å². The minimum atomic E-state index is 0.358. The number of nitrogens with zero attached hydrogens (tertiary/aromatic N) is 1. The summed E-state index contributed by atoms with van der Waals surface area (Å²) < 4.78 is 5.75. The highest BCUT2D eigenvalue weighted by atomic mass is 16.5. The van der Waals surface area contributed by atoms with E-state index >= 15 is 0 Å². The molecular weight excluding hydrogens is 248 g/mol. The first-order chi connectivity index (χ1) is 9.78. The van der Waals surface area contributed by atoms with Crippen molar-refractivity contribution < 1.29 is 4.74 Å². The summed E-state index contributed by atoms with van der Waals surface area (Å²) in [5.74, 6) is 0.547. The van der Waals surface area contributed by atoms with Gasteiger partial charge in [-0.15, -0.1) is 0 Å². The molecule has 0 aliphatic carbocycles. The predicted octanol–water partition coefficient (Wildman–Crippen LogP) is 3.31. The van der Waals surface area contributed by atoms with E-state index in [1.165, 1.54) is 10.9 Å². The largest absolute Gasteiger partial charge is 0.378 e. The average Bonchev–Trinajstić information content (AvgIpc) is 2.90. The van der Waals surface area contributed by atoms with Gasteiger partial charge in [-0.05, 0) is 37.6 Å². The third kappa shape index (κ3) is 2.69. The summed E-state index contributed by atoms with van der Waals surface area (Å²) in [6.45, 7) is 6.13. The Morgan fingerprint density at radius 2 is 2.30 bits per heavy atom. The molecule has 2 heterocycles. The van der Waals surface area contributed by atoms with Crippen LogP contribution in [0.25, 0.3) is 10.9 Å². The fraction of sp³-hybridized carbons (Fsp3) is 0.471. The summed E-state index contributed by atoms with van der Waals surface area (Å²) >= 11 is 0. The summed E-state index contributed by atoms with van der Waals surface area (Å²) in [5.41, 5.74) is 2.39. The van der Waals surface area contributed by atoms with Crippen LogP contribution in [0.15, 0.2) is 36.5 Å². The van der Waals surface area contributed by atoms with Gasteiger partial charge >= 0.3 is 0 Å². The van der Waals surface area contributed by atoms with Crippen molar-refractivity contribution in [2.45, 2.75) is 32.4 Å². The Morgan fingerprint density at radius 3 is 3.05 bits per heavy atom. The third-order valence-electron chi connectivity index (χ3n) is 4.11. The molecule has 3 atom stereocenters. The molecule has 106 valence electrons. The number of aromatic nitrogens is 1. The van der Waals surface area contributed by atoms with Crippen LogP contribution in [-0.4, -0.2) is 24.2 Å². The molecule has 1 saturated heterocycles. The number of nitrogens with one attached hydrogen (secondary N) is 1. The fourth-order valence-electron chi connectivity index (χ4n) is 3.14. The summed E-state index contributed by atoms with van der Waals surface area (Å²) in [6, 6.07) is 11.1. The first kappa shape index (κ1) is 13.5. The molecule has 1 aliphatic heterocycles. The van der Waals surface area contributed by atoms with Crippen LogP contribution in [-0.2, 0) is 4.74 Å². The lowest BCUT2D eigenvalue weighted by molar-refractivity contribution is 0.117. The lowest BCUT2D eigenvalue weighted by Crippen LogP contribution is -2.28. The maximum absolute atomic E-state index is 5.75. The molecule has 0 saturated carbocycles. The zero-order valence-corrected chi connectivity index (χ0v) is 12.2. The number of rotatable bonds is 4. The van der Waals surface area contributed by atoms with E-state index in [2.05, 4.69) is 48.4 Å². The lowest BCUT2D eigenvalue weighted by atomic mass is 9.90. The second-order valence-electron chi connectivity index (χ2n) is 5.63. The fourth-order valence-corrected chi connectivity index (χ4v) is 3.14. The van der Waals surface area contributed by atoms with Crippen LogP contribution in [0.3, 0.4) is 0 Å². The van der Waals surface area contributed by atoms with Crippen molar-refractivity contribution >= 4 is 10.9 Å². The van der Waals surface area contributed by atoms with E-state index in [0.717, 1.165) is 25.1 Å². The van der Waals surface area contributed by atoms with Gasteiger partial charge in [0.1, 0.15) is 0 Å². The Balaban J connectivity index is 1.92. The van der Waals surface area contributed by atoms with E-state index < -0.39 is 0 Å². The van der Waals surface area contributed by atoms with Crippen molar-refractivity contribution in [3.63, 3.8) is 0 Å². The second kappa shape index (κ2) is 5.90. The second-order valence-corrected chi connectivity index (χ2v) is 5.63. The minimum absolute atomic E-state index is 0.358. The maximum Gasteiger partial charge on any atom is 0.0705 e. The molecule has 3 nitrogen and oxygen atoms in total. The van der Waals surface area contributed by atoms with Crippen molar-refractivity contribution in [2.24, 2.45) is 5.92 Å². The van der Waals surface area contributed by atoms with Gasteiger partial charge in [0.05, 0.1) is 18.2 Å². The van der Waals surface area contributed by atoms with E-state index in [1.54, 1.807) is 0 Å². The number of hydrogen-bond acceptors (Lipinski definition) is 3. The van der Waals surface area contributed by atoms with E-state index in [-0.39, 0.29) is 0 Å². The van der Waals surface area contributed by atoms with Gasteiger partial charge in [-0.2, -0.15) is 0 Å². The lowest BCUT2D eigenvalue weighted by Gasteiger charge is -2.24. The number of benzene rings is 1. The molecular formula is C17H22N2O. The van der Waals surface area contributed by atoms with E-state index in [0.29, 0.717) is 18.1 Å². The monoisotopic (exact) mass is 270 g/mol. The molecule has 1 aromatic heterocycles. The summed E-state index contributed by atoms with van der Waals surface area (Å²) in [4.78, 5) is 4.47. The molecule has 3 heteroatoms. The highest BCUT2D eigenvalue weighted by Crippen LogP contribution is 2.32. The summed E-state index contributed by atoms with van der Waals surface area (Å²) in [5, 5.41) is 4.82. The van der Waals surface area contributed by atoms with Crippen LogP contribution in [0.4, 0.5) is 0 Å². The zero-order valence-electron chi connectivity index (χ0n) is 12.2. The Morgan fingerprint density at radius 1 is 1.40 bits per heavy atom. The first-order valence-corrected chi connectivity index (χ1v) is 7.47. The number of fused-ring (bicyclic) bond motifs is 1. The van der Waals surface area contributed by atoms with Crippen LogP contribution >= 0.6 is 0 Å². The number of ether oxygens (including phenoxy) is 1. The number of hydrogen-bond donors (Lipinski definition) is 1. The van der Waals surface area contributed by atoms with Crippen LogP contribution in [0.2, 0.25) is 0 Å². The Bertz CT molecular complexity index is 584. The summed E-state index contributed by atoms with van der Waals surface area (Å²) in [6.07, 6.45) is 3.35. The normalized spacial score (nSPS) is 24.1. The molecule has 0 amide bonds. The van der Waals surface area contributed by atoms with Crippen molar-refractivity contribution in [1.82, 2.24) is 10.3 Å². The van der Waals surface area contributed by atoms with Crippen molar-refractivity contribution in [3.8, 4) is 0 Å². The molecule has 1 aromatic carbocycles. The van der Waals surface area contributed by atoms with Gasteiger partial charge < -0.3 is 10.1 Å². The smallest absolute Gasteiger partial charge is 0.0705 e. The average molecular weight is 270 g/mol. The predicted molar refractivity (Wildman–Crippen MR) is 81.7 cm³/mol. The SMILES string of the molecule is CCNC(c1ccc2cccnc2c1)C1COC(C)C1. The molecule has 0 spiro atoms. The topological polar surface area (TPSA) is 34.2 Å². The van der Waals surface area contributed by atoms with Crippen LogP contribution < -0.4 is 5.32 Å². The van der Waals surface area contributed by atoms with E-state index in [9.17, 15) is 0 Å². The standard InChI is InChI=1S/C17H22N2O/c1-3-18-17(15-9-12(2)20-11-15)14-7-6-13-5-4-8-19-16(13)10-14/h4-8,10,12,15,17-18H,3,9,11H2,1-2H3. The van der Waals surface area contributed by atoms with Gasteiger partial charge in [-0.3, -0.25) is 4.98 Å². The Kier molecular flexibility index (Phi) is 3.99. The maximum atomic E-state index is 5.75. The van der Waals surface area contributed by atoms with Gasteiger partial charge in [0.25, 0.3) is 0 Å². The quantitative estimate of drug-likeness (QED) is 0.925. The zero-order chi connectivity index (χ0) is 13.9. The minimum Gasteiger partial charge on any atom is -0.378 e. The van der Waals surface area contributed by atoms with Crippen LogP contribution in [0.5, 0.6) is 0 Å². The highest BCUT2D eigenvalue weighted by Gasteiger charge is 2.30. The van der Waals surface area contributed by atoms with E-state index in [4.69, 9.17) is 4.74 Å². The van der Waals surface area contributed by atoms with Crippen molar-refractivity contribution in [2.75, 3.05) is 13.2 Å². The highest BCUT2D eigenvalue weighted by molar-refractivity contribution is 5.79. The molecule has 1 fully saturated rings. The molecule has 0 radical (unpaired) electrons.